The van der Waals surface area contributed by atoms with Crippen molar-refractivity contribution < 1.29 is 29.0 Å². The van der Waals surface area contributed by atoms with Crippen LogP contribution < -0.4 is 15.1 Å². The fourth-order valence-corrected chi connectivity index (χ4v) is 12.4. The average molecular weight is 1060 g/mol. The summed E-state index contributed by atoms with van der Waals surface area (Å²) in [5.41, 5.74) is 9.64. The molecule has 16 nitrogen and oxygen atoms in total. The molecular weight excluding hydrogens is 1010 g/mol. The van der Waals surface area contributed by atoms with E-state index in [0.29, 0.717) is 64.3 Å². The van der Waals surface area contributed by atoms with Gasteiger partial charge in [0.2, 0.25) is 11.8 Å². The topological polar surface area (TPSA) is 181 Å². The molecule has 77 heavy (non-hydrogen) atoms. The van der Waals surface area contributed by atoms with Gasteiger partial charge in [0.05, 0.1) is 65.1 Å². The maximum absolute atomic E-state index is 13.5. The SMILES string of the molecule is C=CC(=O)NCc1ccc(-c2cc3nc(-c4cccc5c4cnn5C/C=C/C(=O)CCC(=O)N4CCc5cc(-c6cc7nc(-c8cccc(O)c8)nc(N8CCOCC8)c7s6)ccc5C4)nc(N4CCOCC4)c3s2)cc1. The fraction of sp³-hybridized carbons (Fsp3) is 0.254. The lowest BCUT2D eigenvalue weighted by Crippen LogP contribution is -2.36. The summed E-state index contributed by atoms with van der Waals surface area (Å²) in [5, 5.41) is 18.7. The van der Waals surface area contributed by atoms with Gasteiger partial charge >= 0.3 is 0 Å². The third kappa shape index (κ3) is 10.6. The molecular formula is C59H54N10O6S2. The number of carbonyl (C=O) groups is 3. The predicted molar refractivity (Wildman–Crippen MR) is 302 cm³/mol. The Bertz CT molecular complexity index is 3760. The van der Waals surface area contributed by atoms with Gasteiger partial charge in [0, 0.05) is 84.9 Å². The standard InChI is InChI=1S/C59H54N10O6S2/c1-2-52(72)60-34-37-11-13-38(14-12-37)50-32-48-55(76-50)59(67-24-28-75-29-25-67)65-57(63-48)45-9-4-10-49-46(45)35-61-69(49)20-5-8-43(70)17-18-53(73)68-21-19-39-30-40(15-16-42(39)36-68)51-33-47-54(77-51)58(66-22-26-74-27-23-66)64-56(62-47)41-6-3-7-44(71)31-41/h2-16,30-33,35,71H,1,17-29,34,36H2,(H,60,72)/b8-5+. The second-order valence-corrected chi connectivity index (χ2v) is 21.3. The maximum Gasteiger partial charge on any atom is 0.243 e. The first kappa shape index (κ1) is 49.7. The molecule has 3 aliphatic rings. The number of fused-ring (bicyclic) bond motifs is 4. The highest BCUT2D eigenvalue weighted by atomic mass is 32.1. The first-order valence-corrected chi connectivity index (χ1v) is 27.5. The molecule has 8 heterocycles. The smallest absolute Gasteiger partial charge is 0.243 e. The number of hydrogen-bond acceptors (Lipinski definition) is 15. The van der Waals surface area contributed by atoms with Crippen LogP contribution in [0.1, 0.15) is 29.5 Å². The van der Waals surface area contributed by atoms with E-state index in [1.54, 1.807) is 53.0 Å². The van der Waals surface area contributed by atoms with Crippen molar-refractivity contribution >= 4 is 83.2 Å². The highest BCUT2D eigenvalue weighted by molar-refractivity contribution is 7.23. The van der Waals surface area contributed by atoms with E-state index in [9.17, 15) is 19.5 Å². The number of phenolic OH excluding ortho intramolecular Hbond substituents is 1. The molecule has 0 bridgehead atoms. The number of amides is 2. The van der Waals surface area contributed by atoms with Gasteiger partial charge < -0.3 is 34.6 Å². The maximum atomic E-state index is 13.5. The number of ketones is 1. The molecule has 18 heteroatoms. The van der Waals surface area contributed by atoms with E-state index in [-0.39, 0.29) is 36.2 Å². The predicted octanol–water partition coefficient (Wildman–Crippen LogP) is 9.39. The minimum Gasteiger partial charge on any atom is -0.508 e. The summed E-state index contributed by atoms with van der Waals surface area (Å²) in [6.45, 7) is 10.8. The van der Waals surface area contributed by atoms with E-state index < -0.39 is 0 Å². The van der Waals surface area contributed by atoms with Crippen molar-refractivity contribution in [2.24, 2.45) is 0 Å². The van der Waals surface area contributed by atoms with Crippen molar-refractivity contribution in [1.29, 1.82) is 0 Å². The Morgan fingerprint density at radius 1 is 0.701 bits per heavy atom. The summed E-state index contributed by atoms with van der Waals surface area (Å²) in [6, 6.07) is 31.9. The monoisotopic (exact) mass is 1060 g/mol. The average Bonchev–Trinajstić information content (AvgIpc) is 4.31. The van der Waals surface area contributed by atoms with Gasteiger partial charge in [-0.1, -0.05) is 73.3 Å². The highest BCUT2D eigenvalue weighted by Crippen LogP contribution is 2.42. The Labute approximate surface area is 451 Å². The lowest BCUT2D eigenvalue weighted by molar-refractivity contribution is -0.133. The number of anilines is 2. The molecule has 3 aliphatic heterocycles. The molecule has 5 aromatic heterocycles. The molecule has 0 saturated carbocycles. The Morgan fingerprint density at radius 2 is 1.38 bits per heavy atom. The van der Waals surface area contributed by atoms with Gasteiger partial charge in [-0.05, 0) is 82.8 Å². The summed E-state index contributed by atoms with van der Waals surface area (Å²) >= 11 is 3.34. The van der Waals surface area contributed by atoms with E-state index in [4.69, 9.17) is 34.5 Å². The molecule has 2 saturated heterocycles. The minimum absolute atomic E-state index is 0.0363. The van der Waals surface area contributed by atoms with Crippen molar-refractivity contribution in [2.45, 2.75) is 38.9 Å². The number of benzene rings is 4. The van der Waals surface area contributed by atoms with Gasteiger partial charge in [0.15, 0.2) is 29.1 Å². The molecule has 2 fully saturated rings. The normalized spacial score (nSPS) is 14.9. The van der Waals surface area contributed by atoms with Crippen molar-refractivity contribution in [3.8, 4) is 49.4 Å². The largest absolute Gasteiger partial charge is 0.508 e. The fourth-order valence-electron chi connectivity index (χ4n) is 10.2. The molecule has 0 spiro atoms. The van der Waals surface area contributed by atoms with Gasteiger partial charge in [-0.3, -0.25) is 19.1 Å². The number of rotatable bonds is 15. The number of thiophene rings is 2. The van der Waals surface area contributed by atoms with Crippen LogP contribution in [0, 0.1) is 0 Å². The zero-order valence-electron chi connectivity index (χ0n) is 42.2. The third-order valence-electron chi connectivity index (χ3n) is 14.3. The van der Waals surface area contributed by atoms with E-state index in [1.165, 1.54) is 11.6 Å². The van der Waals surface area contributed by atoms with Crippen LogP contribution in [-0.2, 0) is 49.9 Å². The van der Waals surface area contributed by atoms with Crippen LogP contribution >= 0.6 is 22.7 Å². The number of morpholine rings is 2. The first-order chi connectivity index (χ1) is 37.7. The van der Waals surface area contributed by atoms with E-state index >= 15 is 0 Å². The molecule has 388 valence electrons. The summed E-state index contributed by atoms with van der Waals surface area (Å²) in [6.07, 6.45) is 7.43. The quantitative estimate of drug-likeness (QED) is 0.0928. The molecule has 0 aliphatic carbocycles. The van der Waals surface area contributed by atoms with Crippen molar-refractivity contribution in [3.05, 3.63) is 145 Å². The molecule has 4 aromatic carbocycles. The van der Waals surface area contributed by atoms with Gasteiger partial charge in [-0.25, -0.2) is 19.9 Å². The molecule has 2 amide bonds. The minimum atomic E-state index is -0.210. The highest BCUT2D eigenvalue weighted by Gasteiger charge is 2.26. The van der Waals surface area contributed by atoms with Gasteiger partial charge in [-0.15, -0.1) is 22.7 Å². The van der Waals surface area contributed by atoms with Gasteiger partial charge in [0.25, 0.3) is 0 Å². The Kier molecular flexibility index (Phi) is 14.1. The lowest BCUT2D eigenvalue weighted by Gasteiger charge is -2.29. The van der Waals surface area contributed by atoms with Crippen LogP contribution in [0.3, 0.4) is 0 Å². The number of ether oxygens (including phenoxy) is 2. The molecule has 0 radical (unpaired) electrons. The van der Waals surface area contributed by atoms with E-state index in [0.717, 1.165) is 119 Å². The number of allylic oxidation sites excluding steroid dienone is 2. The molecule has 2 N–H and O–H groups in total. The number of nitrogens with zero attached hydrogens (tertiary/aromatic N) is 9. The Balaban J connectivity index is 0.694. The van der Waals surface area contributed by atoms with Crippen molar-refractivity contribution in [3.63, 3.8) is 0 Å². The van der Waals surface area contributed by atoms with Crippen LogP contribution in [-0.4, -0.2) is 116 Å². The summed E-state index contributed by atoms with van der Waals surface area (Å²) in [4.78, 5) is 67.3. The number of phenols is 1. The second kappa shape index (κ2) is 21.8. The zero-order chi connectivity index (χ0) is 52.4. The van der Waals surface area contributed by atoms with Crippen LogP contribution in [0.4, 0.5) is 11.6 Å². The molecule has 12 rings (SSSR count). The summed E-state index contributed by atoms with van der Waals surface area (Å²) < 4.78 is 15.2. The number of hydrogen-bond donors (Lipinski definition) is 2. The number of aromatic hydroxyl groups is 1. The third-order valence-corrected chi connectivity index (χ3v) is 16.6. The first-order valence-electron chi connectivity index (χ1n) is 25.8. The van der Waals surface area contributed by atoms with Crippen LogP contribution in [0.2, 0.25) is 0 Å². The van der Waals surface area contributed by atoms with Crippen LogP contribution in [0.15, 0.2) is 128 Å². The Morgan fingerprint density at radius 3 is 2.09 bits per heavy atom. The van der Waals surface area contributed by atoms with E-state index in [1.807, 2.05) is 52.2 Å². The van der Waals surface area contributed by atoms with Crippen LogP contribution in [0.25, 0.3) is 75.0 Å². The van der Waals surface area contributed by atoms with Crippen molar-refractivity contribution in [1.82, 2.24) is 39.9 Å². The lowest BCUT2D eigenvalue weighted by atomic mass is 9.96. The number of nitrogens with one attached hydrogen (secondary N) is 1. The zero-order valence-corrected chi connectivity index (χ0v) is 43.8. The van der Waals surface area contributed by atoms with Gasteiger partial charge in [0.1, 0.15) is 5.75 Å². The summed E-state index contributed by atoms with van der Waals surface area (Å²) in [7, 11) is 0. The molecule has 0 unspecified atom stereocenters. The summed E-state index contributed by atoms with van der Waals surface area (Å²) in [5.74, 6) is 2.72. The molecule has 9 aromatic rings. The number of aromatic nitrogens is 6. The van der Waals surface area contributed by atoms with Gasteiger partial charge in [-0.2, -0.15) is 5.10 Å². The second-order valence-electron chi connectivity index (χ2n) is 19.2. The Hall–Kier alpha value is -8.16. The van der Waals surface area contributed by atoms with Crippen molar-refractivity contribution in [2.75, 3.05) is 69.0 Å². The van der Waals surface area contributed by atoms with E-state index in [2.05, 4.69) is 64.2 Å². The molecule has 0 atom stereocenters. The van der Waals surface area contributed by atoms with Crippen LogP contribution in [0.5, 0.6) is 5.75 Å². The number of carbonyl (C=O) groups excluding carboxylic acids is 3.